The van der Waals surface area contributed by atoms with Crippen LogP contribution >= 0.6 is 0 Å². The van der Waals surface area contributed by atoms with Crippen LogP contribution in [0.3, 0.4) is 0 Å². The van der Waals surface area contributed by atoms with E-state index in [4.69, 9.17) is 0 Å². The van der Waals surface area contributed by atoms with E-state index in [1.165, 1.54) is 17.0 Å². The molecule has 0 unspecified atom stereocenters. The van der Waals surface area contributed by atoms with Gasteiger partial charge in [-0.3, -0.25) is 15.0 Å². The van der Waals surface area contributed by atoms with Crippen molar-refractivity contribution in [3.05, 3.63) is 40.4 Å². The number of sulfone groups is 1. The van der Waals surface area contributed by atoms with Crippen LogP contribution < -0.4 is 0 Å². The second-order valence-electron chi connectivity index (χ2n) is 4.22. The molecule has 0 radical (unpaired) electrons. The molecule has 0 heterocycles. The zero-order chi connectivity index (χ0) is 15.4. The highest BCUT2D eigenvalue weighted by molar-refractivity contribution is 7.92. The lowest BCUT2D eigenvalue weighted by Crippen LogP contribution is -2.51. The Morgan fingerprint density at radius 1 is 1.25 bits per heavy atom. The van der Waals surface area contributed by atoms with E-state index in [0.29, 0.717) is 13.1 Å². The lowest BCUT2D eigenvalue weighted by molar-refractivity contribution is -0.574. The summed E-state index contributed by atoms with van der Waals surface area (Å²) in [4.78, 5) is 10.6. The van der Waals surface area contributed by atoms with Crippen LogP contribution in [-0.2, 0) is 9.84 Å². The molecule has 8 heteroatoms. The second-order valence-corrected chi connectivity index (χ2v) is 6.33. The quantitative estimate of drug-likeness (QED) is 0.435. The summed E-state index contributed by atoms with van der Waals surface area (Å²) in [5.41, 5.74) is 0. The molecule has 0 aliphatic heterocycles. The Morgan fingerprint density at radius 3 is 2.15 bits per heavy atom. The van der Waals surface area contributed by atoms with Crippen LogP contribution in [0.25, 0.3) is 0 Å². The molecule has 0 aliphatic carbocycles. The highest BCUT2D eigenvalue weighted by Crippen LogP contribution is 2.29. The van der Waals surface area contributed by atoms with Gasteiger partial charge in [-0.15, -0.1) is 4.39 Å². The molecule has 1 aromatic carbocycles. The molecular weight excluding hydrogens is 287 g/mol. The van der Waals surface area contributed by atoms with E-state index in [9.17, 15) is 22.9 Å². The maximum absolute atomic E-state index is 14.7. The van der Waals surface area contributed by atoms with Crippen molar-refractivity contribution in [3.8, 4) is 0 Å². The zero-order valence-electron chi connectivity index (χ0n) is 11.3. The van der Waals surface area contributed by atoms with E-state index in [-0.39, 0.29) is 0 Å². The first-order valence-electron chi connectivity index (χ1n) is 6.15. The molecule has 1 atom stereocenters. The molecule has 0 saturated heterocycles. The molecule has 0 spiro atoms. The van der Waals surface area contributed by atoms with Crippen LogP contribution in [0, 0.1) is 10.1 Å². The molecule has 0 saturated carbocycles. The van der Waals surface area contributed by atoms with Crippen molar-refractivity contribution in [2.24, 2.45) is 0 Å². The van der Waals surface area contributed by atoms with Crippen molar-refractivity contribution >= 4 is 9.84 Å². The fourth-order valence-electron chi connectivity index (χ4n) is 1.74. The largest absolute Gasteiger partial charge is 0.475 e. The van der Waals surface area contributed by atoms with Crippen molar-refractivity contribution < 1.29 is 17.7 Å². The van der Waals surface area contributed by atoms with Gasteiger partial charge in [-0.05, 0) is 25.2 Å². The third-order valence-electron chi connectivity index (χ3n) is 3.05. The van der Waals surface area contributed by atoms with Crippen LogP contribution in [0.4, 0.5) is 4.39 Å². The predicted molar refractivity (Wildman–Crippen MR) is 72.2 cm³/mol. The van der Waals surface area contributed by atoms with Crippen LogP contribution in [0.15, 0.2) is 35.2 Å². The van der Waals surface area contributed by atoms with Gasteiger partial charge in [0.25, 0.3) is 9.84 Å². The number of rotatable bonds is 7. The predicted octanol–water partition coefficient (Wildman–Crippen LogP) is 1.70. The summed E-state index contributed by atoms with van der Waals surface area (Å²) in [6.07, 6.45) is 0. The Bertz CT molecular complexity index is 560. The number of hydrogen-bond acceptors (Lipinski definition) is 5. The number of likely N-dealkylation sites (N-methyl/N-ethyl adjacent to an activating group) is 1. The van der Waals surface area contributed by atoms with Gasteiger partial charge < -0.3 is 0 Å². The zero-order valence-corrected chi connectivity index (χ0v) is 12.1. The SMILES string of the molecule is CCN(CC)C[C@](F)([N+](=O)[O-])S(=O)(=O)c1ccccc1. The maximum Gasteiger partial charge on any atom is 0.475 e. The molecule has 0 N–H and O–H groups in total. The summed E-state index contributed by atoms with van der Waals surface area (Å²) >= 11 is 0. The average molecular weight is 304 g/mol. The van der Waals surface area contributed by atoms with E-state index in [1.807, 2.05) is 0 Å². The van der Waals surface area contributed by atoms with Crippen molar-refractivity contribution in [1.82, 2.24) is 4.90 Å². The van der Waals surface area contributed by atoms with E-state index < -0.39 is 31.3 Å². The minimum atomic E-state index is -4.72. The van der Waals surface area contributed by atoms with Gasteiger partial charge in [0.2, 0.25) is 0 Å². The third-order valence-corrected chi connectivity index (χ3v) is 5.05. The fraction of sp³-hybridized carbons (Fsp3) is 0.500. The fourth-order valence-corrected chi connectivity index (χ4v) is 3.17. The van der Waals surface area contributed by atoms with Crippen molar-refractivity contribution in [3.63, 3.8) is 0 Å². The molecule has 0 aliphatic rings. The number of nitrogens with zero attached hydrogens (tertiary/aromatic N) is 2. The van der Waals surface area contributed by atoms with Gasteiger partial charge in [-0.2, -0.15) is 0 Å². The van der Waals surface area contributed by atoms with Crippen LogP contribution in [0.1, 0.15) is 13.8 Å². The Hall–Kier alpha value is -1.54. The van der Waals surface area contributed by atoms with Crippen LogP contribution in [-0.4, -0.2) is 43.0 Å². The first-order chi connectivity index (χ1) is 9.29. The van der Waals surface area contributed by atoms with E-state index in [0.717, 1.165) is 12.1 Å². The van der Waals surface area contributed by atoms with E-state index >= 15 is 0 Å². The summed E-state index contributed by atoms with van der Waals surface area (Å²) in [5.74, 6) is 0. The Kier molecular flexibility index (Phi) is 5.18. The van der Waals surface area contributed by atoms with Crippen LogP contribution in [0.5, 0.6) is 0 Å². The second kappa shape index (κ2) is 6.27. The minimum absolute atomic E-state index is 0.320. The molecule has 0 fully saturated rings. The number of halogens is 1. The normalized spacial score (nSPS) is 15.0. The molecule has 20 heavy (non-hydrogen) atoms. The number of alkyl halides is 1. The standard InChI is InChI=1S/C12H17FN2O4S/c1-3-14(4-2)10-12(13,15(16)17)20(18,19)11-8-6-5-7-9-11/h5-9H,3-4,10H2,1-2H3/t12-/m0/s1. The van der Waals surface area contributed by atoms with Crippen molar-refractivity contribution in [2.75, 3.05) is 19.6 Å². The molecular formula is C12H17FN2O4S. The Morgan fingerprint density at radius 2 is 1.75 bits per heavy atom. The summed E-state index contributed by atoms with van der Waals surface area (Å²) in [5, 5.41) is 7.48. The molecule has 6 nitrogen and oxygen atoms in total. The highest BCUT2D eigenvalue weighted by atomic mass is 32.2. The Labute approximate surface area is 117 Å². The molecule has 0 bridgehead atoms. The smallest absolute Gasteiger partial charge is 0.294 e. The number of hydrogen-bond donors (Lipinski definition) is 0. The minimum Gasteiger partial charge on any atom is -0.294 e. The van der Waals surface area contributed by atoms with Gasteiger partial charge in [0, 0.05) is 0 Å². The molecule has 1 aromatic rings. The lowest BCUT2D eigenvalue weighted by atomic mass is 10.4. The monoisotopic (exact) mass is 304 g/mol. The number of nitro groups is 1. The molecule has 0 amide bonds. The van der Waals surface area contributed by atoms with E-state index in [2.05, 4.69) is 0 Å². The lowest BCUT2D eigenvalue weighted by Gasteiger charge is -2.24. The summed E-state index contributed by atoms with van der Waals surface area (Å²) < 4.78 is 39.1. The van der Waals surface area contributed by atoms with Gasteiger partial charge in [-0.25, -0.2) is 8.42 Å². The van der Waals surface area contributed by atoms with Gasteiger partial charge >= 0.3 is 5.12 Å². The van der Waals surface area contributed by atoms with Crippen molar-refractivity contribution in [1.29, 1.82) is 0 Å². The average Bonchev–Trinajstić information content (AvgIpc) is 2.44. The third kappa shape index (κ3) is 2.96. The Balaban J connectivity index is 3.29. The molecule has 0 aromatic heterocycles. The summed E-state index contributed by atoms with van der Waals surface area (Å²) in [6.45, 7) is 3.20. The molecule has 112 valence electrons. The molecule has 1 rings (SSSR count). The topological polar surface area (TPSA) is 80.5 Å². The van der Waals surface area contributed by atoms with Gasteiger partial charge in [0.05, 0.1) is 9.82 Å². The van der Waals surface area contributed by atoms with E-state index in [1.54, 1.807) is 19.9 Å². The first-order valence-corrected chi connectivity index (χ1v) is 7.63. The van der Waals surface area contributed by atoms with Gasteiger partial charge in [-0.1, -0.05) is 32.0 Å². The van der Waals surface area contributed by atoms with Crippen molar-refractivity contribution in [2.45, 2.75) is 23.9 Å². The first kappa shape index (κ1) is 16.5. The maximum atomic E-state index is 14.7. The van der Waals surface area contributed by atoms with Crippen LogP contribution in [0.2, 0.25) is 0 Å². The van der Waals surface area contributed by atoms with Gasteiger partial charge in [0.1, 0.15) is 6.54 Å². The summed E-state index contributed by atoms with van der Waals surface area (Å²) in [6, 6.07) is 6.63. The summed E-state index contributed by atoms with van der Waals surface area (Å²) in [7, 11) is -4.72. The number of benzene rings is 1. The van der Waals surface area contributed by atoms with Gasteiger partial charge in [0.15, 0.2) is 0 Å². The highest BCUT2D eigenvalue weighted by Gasteiger charge is 2.58.